The summed E-state index contributed by atoms with van der Waals surface area (Å²) in [6.45, 7) is 7.28. The largest absolute Gasteiger partial charge is 0.508 e. The number of cyclic esters (lactones) is 1. The van der Waals surface area contributed by atoms with Crippen LogP contribution in [0.4, 0.5) is 10.2 Å². The molecule has 1 amide bonds. The predicted molar refractivity (Wildman–Crippen MR) is 192 cm³/mol. The molecule has 2 aromatic carbocycles. The van der Waals surface area contributed by atoms with Crippen molar-refractivity contribution in [2.45, 2.75) is 76.1 Å². The Labute approximate surface area is 301 Å². The molecule has 4 aromatic rings. The van der Waals surface area contributed by atoms with E-state index in [1.807, 2.05) is 24.8 Å². The van der Waals surface area contributed by atoms with Crippen LogP contribution in [0.15, 0.2) is 36.5 Å². The number of anilines is 1. The van der Waals surface area contributed by atoms with Crippen LogP contribution in [0.2, 0.25) is 0 Å². The summed E-state index contributed by atoms with van der Waals surface area (Å²) in [6.07, 6.45) is 12.6. The molecule has 11 nitrogen and oxygen atoms in total. The first kappa shape index (κ1) is 32.9. The van der Waals surface area contributed by atoms with Gasteiger partial charge in [-0.3, -0.25) is 19.5 Å². The van der Waals surface area contributed by atoms with Gasteiger partial charge >= 0.3 is 12.0 Å². The number of carbonyl (C=O) groups excluding carboxylic acids is 2. The van der Waals surface area contributed by atoms with Gasteiger partial charge in [0.05, 0.1) is 10.9 Å². The van der Waals surface area contributed by atoms with E-state index in [-0.39, 0.29) is 58.4 Å². The lowest BCUT2D eigenvalue weighted by Gasteiger charge is -2.45. The fraction of sp³-hybridized carbons (Fsp3) is 0.475. The minimum Gasteiger partial charge on any atom is -0.508 e. The Hall–Kier alpha value is -5.02. The fourth-order valence-corrected chi connectivity index (χ4v) is 9.63. The molecule has 2 aromatic heterocycles. The van der Waals surface area contributed by atoms with Crippen molar-refractivity contribution in [1.82, 2.24) is 24.8 Å². The lowest BCUT2D eigenvalue weighted by Crippen LogP contribution is -2.63. The molecule has 12 heteroatoms. The Morgan fingerprint density at radius 2 is 1.90 bits per heavy atom. The highest BCUT2D eigenvalue weighted by Gasteiger charge is 2.54. The molecule has 5 aliphatic rings. The van der Waals surface area contributed by atoms with Gasteiger partial charge in [0.15, 0.2) is 11.9 Å². The zero-order valence-corrected chi connectivity index (χ0v) is 29.3. The Morgan fingerprint density at radius 3 is 2.60 bits per heavy atom. The number of ether oxygens (including phenoxy) is 2. The van der Waals surface area contributed by atoms with Crippen molar-refractivity contribution < 1.29 is 28.6 Å². The molecule has 1 N–H and O–H groups in total. The zero-order valence-electron chi connectivity index (χ0n) is 29.3. The molecule has 0 saturated carbocycles. The summed E-state index contributed by atoms with van der Waals surface area (Å²) in [5.41, 5.74) is 0.902. The van der Waals surface area contributed by atoms with Crippen LogP contribution in [0.25, 0.3) is 32.9 Å². The molecular formula is C40H41FN6O5. The third-order valence-corrected chi connectivity index (χ3v) is 12.1. The Morgan fingerprint density at radius 1 is 1.15 bits per heavy atom. The average Bonchev–Trinajstić information content (AvgIpc) is 3.78. The van der Waals surface area contributed by atoms with Crippen molar-refractivity contribution >= 4 is 39.4 Å². The van der Waals surface area contributed by atoms with Gasteiger partial charge in [0, 0.05) is 47.9 Å². The Kier molecular flexibility index (Phi) is 7.77. The van der Waals surface area contributed by atoms with Gasteiger partial charge in [-0.05, 0) is 81.1 Å². The number of hydrogen-bond donors (Lipinski definition) is 1. The zero-order chi connectivity index (χ0) is 35.9. The monoisotopic (exact) mass is 704 g/mol. The number of piperazine rings is 1. The van der Waals surface area contributed by atoms with Gasteiger partial charge in [-0.1, -0.05) is 31.9 Å². The molecular weight excluding hydrogens is 663 g/mol. The lowest BCUT2D eigenvalue weighted by molar-refractivity contribution is -0.197. The van der Waals surface area contributed by atoms with E-state index >= 15 is 4.39 Å². The topological polar surface area (TPSA) is 121 Å². The van der Waals surface area contributed by atoms with E-state index in [1.54, 1.807) is 24.4 Å². The molecule has 0 radical (unpaired) electrons. The smallest absolute Gasteiger partial charge is 0.319 e. The van der Waals surface area contributed by atoms with Crippen LogP contribution in [-0.2, 0) is 14.3 Å². The number of halogens is 1. The number of fused-ring (bicyclic) bond motifs is 5. The van der Waals surface area contributed by atoms with Crippen LogP contribution in [-0.4, -0.2) is 98.2 Å². The summed E-state index contributed by atoms with van der Waals surface area (Å²) in [5.74, 6) is 1.58. The van der Waals surface area contributed by atoms with Gasteiger partial charge in [-0.2, -0.15) is 9.97 Å². The number of esters is 1. The van der Waals surface area contributed by atoms with E-state index in [1.165, 1.54) is 6.07 Å². The predicted octanol–water partition coefficient (Wildman–Crippen LogP) is 5.06. The highest BCUT2D eigenvalue weighted by atomic mass is 19.1. The number of phenolic OH excluding ortho intramolecular Hbond substituents is 1. The minimum absolute atomic E-state index is 0.00307. The van der Waals surface area contributed by atoms with Gasteiger partial charge in [0.2, 0.25) is 0 Å². The van der Waals surface area contributed by atoms with Crippen molar-refractivity contribution in [3.8, 4) is 35.4 Å². The van der Waals surface area contributed by atoms with Crippen LogP contribution in [0.3, 0.4) is 0 Å². The molecule has 5 saturated heterocycles. The van der Waals surface area contributed by atoms with Crippen LogP contribution in [0.1, 0.15) is 57.9 Å². The van der Waals surface area contributed by atoms with E-state index in [2.05, 4.69) is 20.7 Å². The maximum Gasteiger partial charge on any atom is 0.319 e. The summed E-state index contributed by atoms with van der Waals surface area (Å²) in [7, 11) is 0. The number of benzene rings is 2. The molecule has 2 unspecified atom stereocenters. The van der Waals surface area contributed by atoms with E-state index in [4.69, 9.17) is 25.9 Å². The molecule has 0 aliphatic carbocycles. The summed E-state index contributed by atoms with van der Waals surface area (Å²) in [6, 6.07) is 8.29. The number of aromatic nitrogens is 3. The molecule has 0 spiro atoms. The van der Waals surface area contributed by atoms with Crippen molar-refractivity contribution in [1.29, 1.82) is 0 Å². The van der Waals surface area contributed by atoms with Crippen molar-refractivity contribution in [2.75, 3.05) is 37.7 Å². The summed E-state index contributed by atoms with van der Waals surface area (Å²) in [4.78, 5) is 46.7. The second-order valence-electron chi connectivity index (χ2n) is 15.4. The fourth-order valence-electron chi connectivity index (χ4n) is 9.63. The molecule has 268 valence electrons. The highest BCUT2D eigenvalue weighted by Crippen LogP contribution is 2.43. The number of hydrogen-bond acceptors (Lipinski definition) is 10. The Bertz CT molecular complexity index is 2160. The number of pyridine rings is 1. The minimum atomic E-state index is -0.757. The van der Waals surface area contributed by atoms with E-state index in [0.29, 0.717) is 52.8 Å². The van der Waals surface area contributed by atoms with Gasteiger partial charge in [0.1, 0.15) is 35.3 Å². The first-order valence-corrected chi connectivity index (χ1v) is 18.4. The van der Waals surface area contributed by atoms with Gasteiger partial charge in [-0.25, -0.2) is 4.39 Å². The maximum absolute atomic E-state index is 17.1. The summed E-state index contributed by atoms with van der Waals surface area (Å²) >= 11 is 0. The number of carbonyl (C=O) groups is 2. The van der Waals surface area contributed by atoms with E-state index in [9.17, 15) is 14.7 Å². The molecule has 52 heavy (non-hydrogen) atoms. The van der Waals surface area contributed by atoms with Crippen LogP contribution in [0.5, 0.6) is 11.8 Å². The normalized spacial score (nSPS) is 25.0. The first-order chi connectivity index (χ1) is 25.2. The van der Waals surface area contributed by atoms with Crippen LogP contribution < -0.4 is 9.64 Å². The van der Waals surface area contributed by atoms with Gasteiger partial charge in [-0.15, -0.1) is 6.42 Å². The molecule has 7 heterocycles. The van der Waals surface area contributed by atoms with Crippen LogP contribution in [0, 0.1) is 30.0 Å². The Balaban J connectivity index is 1.11. The standard InChI is InChI=1S/C40H41FN6O5/c1-4-23-8-5-9-24-16-27(48)17-28(31(23)24)33-32(41)34-29(18-42-33)36(44-39(43-34)51-21-40-12-6-14-46(40)15-7-13-40)45-19-25-10-11-26(20-45)47(25)37(49)35-30(22(2)3)38(50)52-35/h1,5,8-9,16-18,22,25-26,30,35,48H,6-7,10-15,19-21H2,2-3H3/t25?,26?,30-,35+/m0/s1. The molecule has 9 rings (SSSR count). The number of aromatic hydroxyl groups is 1. The SMILES string of the molecule is C#Cc1cccc2cc(O)cc(-c3ncc4c(N5CC6CCC(C5)N6C(=O)[C@@H]5OC(=O)[C@H]5C(C)C)nc(OCC56CCCN5CCC6)nc4c3F)c12. The summed E-state index contributed by atoms with van der Waals surface area (Å²) < 4.78 is 28.9. The lowest BCUT2D eigenvalue weighted by atomic mass is 9.85. The molecule has 5 fully saturated rings. The third kappa shape index (κ3) is 5.07. The van der Waals surface area contributed by atoms with Crippen LogP contribution >= 0.6 is 0 Å². The molecule has 2 bridgehead atoms. The first-order valence-electron chi connectivity index (χ1n) is 18.4. The number of phenols is 1. The van der Waals surface area contributed by atoms with Gasteiger partial charge < -0.3 is 24.4 Å². The number of nitrogens with zero attached hydrogens (tertiary/aromatic N) is 6. The van der Waals surface area contributed by atoms with Crippen molar-refractivity contribution in [3.05, 3.63) is 47.9 Å². The van der Waals surface area contributed by atoms with Gasteiger partial charge in [0.25, 0.3) is 5.91 Å². The summed E-state index contributed by atoms with van der Waals surface area (Å²) in [5, 5.41) is 12.3. The average molecular weight is 705 g/mol. The quantitative estimate of drug-likeness (QED) is 0.207. The van der Waals surface area contributed by atoms with E-state index < -0.39 is 17.8 Å². The molecule has 5 aliphatic heterocycles. The third-order valence-electron chi connectivity index (χ3n) is 12.1. The van der Waals surface area contributed by atoms with Crippen molar-refractivity contribution in [2.24, 2.45) is 11.8 Å². The number of rotatable bonds is 7. The second kappa shape index (κ2) is 12.3. The van der Waals surface area contributed by atoms with E-state index in [0.717, 1.165) is 51.6 Å². The van der Waals surface area contributed by atoms with Crippen molar-refractivity contribution in [3.63, 3.8) is 0 Å². The second-order valence-corrected chi connectivity index (χ2v) is 15.4. The highest BCUT2D eigenvalue weighted by molar-refractivity contribution is 6.03. The number of terminal acetylenes is 1. The molecule has 4 atom stereocenters. The maximum atomic E-state index is 17.1. The number of amides is 1.